The number of carbonyl (C=O) groups excluding carboxylic acids is 3. The molecule has 1 N–H and O–H groups in total. The van der Waals surface area contributed by atoms with Crippen LogP contribution in [0.5, 0.6) is 11.5 Å². The van der Waals surface area contributed by atoms with Gasteiger partial charge in [-0.2, -0.15) is 4.98 Å². The number of nitrogens with zero attached hydrogens (tertiary/aromatic N) is 7. The molecular formula is C31H40Cl2N8O5. The number of halogens is 2. The van der Waals surface area contributed by atoms with Crippen molar-refractivity contribution < 1.29 is 23.9 Å². The van der Waals surface area contributed by atoms with E-state index >= 15 is 0 Å². The summed E-state index contributed by atoms with van der Waals surface area (Å²) in [4.78, 5) is 58.2. The van der Waals surface area contributed by atoms with E-state index in [9.17, 15) is 14.4 Å². The lowest BCUT2D eigenvalue weighted by atomic mass is 10.0. The number of rotatable bonds is 9. The molecule has 3 unspecified atom stereocenters. The van der Waals surface area contributed by atoms with Crippen LogP contribution in [0.3, 0.4) is 0 Å². The SMILES string of the molecule is C=CC(=O)NC1CN(C(=O)C2CCCCN2C)CC1N(CC)c1ncc2c(n1)N(C)C(=O)N(c1c(Cl)c(OC)cc(OC)c1Cl)C2. The zero-order valence-electron chi connectivity index (χ0n) is 26.8. The van der Waals surface area contributed by atoms with E-state index in [-0.39, 0.29) is 52.2 Å². The smallest absolute Gasteiger partial charge is 0.330 e. The second-order valence-corrected chi connectivity index (χ2v) is 12.4. The van der Waals surface area contributed by atoms with E-state index in [2.05, 4.69) is 16.8 Å². The first-order valence-corrected chi connectivity index (χ1v) is 16.0. The fourth-order valence-corrected chi connectivity index (χ4v) is 7.22. The number of urea groups is 1. The number of likely N-dealkylation sites (N-methyl/N-ethyl adjacent to an activating group) is 2. The molecule has 3 aliphatic rings. The Balaban J connectivity index is 1.45. The Labute approximate surface area is 279 Å². The van der Waals surface area contributed by atoms with Crippen LogP contribution in [-0.4, -0.2) is 110 Å². The van der Waals surface area contributed by atoms with Crippen molar-refractivity contribution in [1.82, 2.24) is 25.1 Å². The van der Waals surface area contributed by atoms with Gasteiger partial charge in [0, 0.05) is 44.5 Å². The number of methoxy groups -OCH3 is 2. The van der Waals surface area contributed by atoms with Crippen LogP contribution in [-0.2, 0) is 16.1 Å². The van der Waals surface area contributed by atoms with Gasteiger partial charge in [-0.1, -0.05) is 36.2 Å². The van der Waals surface area contributed by atoms with E-state index < -0.39 is 6.03 Å². The van der Waals surface area contributed by atoms with Crippen LogP contribution >= 0.6 is 23.2 Å². The van der Waals surface area contributed by atoms with Crippen LogP contribution in [0.15, 0.2) is 24.9 Å². The number of hydrogen-bond donors (Lipinski definition) is 1. The molecule has 0 aliphatic carbocycles. The van der Waals surface area contributed by atoms with Gasteiger partial charge in [0.25, 0.3) is 0 Å². The highest BCUT2D eigenvalue weighted by atomic mass is 35.5. The first kappa shape index (κ1) is 33.6. The number of carbonyl (C=O) groups is 3. The Morgan fingerprint density at radius 1 is 1.15 bits per heavy atom. The molecule has 248 valence electrons. The van der Waals surface area contributed by atoms with Crippen LogP contribution in [0.4, 0.5) is 22.2 Å². The molecule has 1 aromatic carbocycles. The first-order valence-electron chi connectivity index (χ1n) is 15.2. The summed E-state index contributed by atoms with van der Waals surface area (Å²) in [5.41, 5.74) is 0.914. The zero-order chi connectivity index (χ0) is 33.3. The number of hydrogen-bond acceptors (Lipinski definition) is 9. The van der Waals surface area contributed by atoms with Crippen LogP contribution < -0.4 is 29.5 Å². The van der Waals surface area contributed by atoms with Crippen molar-refractivity contribution in [3.63, 3.8) is 0 Å². The van der Waals surface area contributed by atoms with Gasteiger partial charge in [-0.15, -0.1) is 0 Å². The number of nitrogens with one attached hydrogen (secondary N) is 1. The molecule has 5 rings (SSSR count). The number of piperidine rings is 1. The molecule has 3 aliphatic heterocycles. The predicted octanol–water partition coefficient (Wildman–Crippen LogP) is 3.57. The predicted molar refractivity (Wildman–Crippen MR) is 177 cm³/mol. The van der Waals surface area contributed by atoms with Crippen LogP contribution in [0, 0.1) is 0 Å². The fourth-order valence-electron chi connectivity index (χ4n) is 6.51. The number of amides is 4. The molecule has 3 atom stereocenters. The molecule has 1 aromatic heterocycles. The summed E-state index contributed by atoms with van der Waals surface area (Å²) < 4.78 is 10.8. The van der Waals surface area contributed by atoms with Crippen molar-refractivity contribution in [3.05, 3.63) is 40.5 Å². The minimum atomic E-state index is -0.412. The summed E-state index contributed by atoms with van der Waals surface area (Å²) in [6, 6.07) is 0.264. The second-order valence-electron chi connectivity index (χ2n) is 11.6. The van der Waals surface area contributed by atoms with Gasteiger partial charge >= 0.3 is 6.03 Å². The summed E-state index contributed by atoms with van der Waals surface area (Å²) in [5, 5.41) is 3.35. The third kappa shape index (κ3) is 6.15. The van der Waals surface area contributed by atoms with Gasteiger partial charge in [-0.25, -0.2) is 9.78 Å². The molecule has 0 spiro atoms. The number of aromatic nitrogens is 2. The molecule has 2 saturated heterocycles. The Hall–Kier alpha value is -3.81. The highest BCUT2D eigenvalue weighted by Crippen LogP contribution is 2.47. The lowest BCUT2D eigenvalue weighted by Gasteiger charge is -2.37. The number of anilines is 3. The van der Waals surface area contributed by atoms with Crippen molar-refractivity contribution >= 4 is 58.5 Å². The zero-order valence-corrected chi connectivity index (χ0v) is 28.3. The topological polar surface area (TPSA) is 124 Å². The molecule has 46 heavy (non-hydrogen) atoms. The van der Waals surface area contributed by atoms with Crippen molar-refractivity contribution in [2.24, 2.45) is 0 Å². The van der Waals surface area contributed by atoms with E-state index in [1.165, 1.54) is 30.1 Å². The third-order valence-corrected chi connectivity index (χ3v) is 9.71. The van der Waals surface area contributed by atoms with Crippen molar-refractivity contribution in [3.8, 4) is 11.5 Å². The quantitative estimate of drug-likeness (QED) is 0.398. The average Bonchev–Trinajstić information content (AvgIpc) is 3.46. The minimum absolute atomic E-state index is 0.0573. The normalized spacial score (nSPS) is 21.6. The standard InChI is InChI=1S/C31H40Cl2N8O5/c1-7-24(42)35-19-16-39(29(43)20-11-9-10-12-37(20)3)17-21(19)40(8-2)30-34-14-18-15-41(31(44)38(4)28(18)36-30)27-25(32)22(45-5)13-23(46-6)26(27)33/h7,13-14,19-21H,1,8-12,15-17H2,2-6H3,(H,35,42). The molecule has 4 amide bonds. The van der Waals surface area contributed by atoms with Gasteiger partial charge in [0.15, 0.2) is 0 Å². The lowest BCUT2D eigenvalue weighted by Crippen LogP contribution is -2.52. The average molecular weight is 676 g/mol. The Morgan fingerprint density at radius 3 is 2.46 bits per heavy atom. The third-order valence-electron chi connectivity index (χ3n) is 8.98. The van der Waals surface area contributed by atoms with E-state index in [0.717, 1.165) is 25.8 Å². The van der Waals surface area contributed by atoms with Gasteiger partial charge < -0.3 is 24.6 Å². The van der Waals surface area contributed by atoms with Gasteiger partial charge in [0.05, 0.1) is 44.6 Å². The summed E-state index contributed by atoms with van der Waals surface area (Å²) in [5.74, 6) is 1.15. The summed E-state index contributed by atoms with van der Waals surface area (Å²) in [6.07, 6.45) is 5.78. The number of fused-ring (bicyclic) bond motifs is 1. The molecule has 0 radical (unpaired) electrons. The summed E-state index contributed by atoms with van der Waals surface area (Å²) in [7, 11) is 6.53. The largest absolute Gasteiger partial charge is 0.495 e. The van der Waals surface area contributed by atoms with Gasteiger partial charge in [-0.3, -0.25) is 24.3 Å². The molecule has 0 saturated carbocycles. The highest BCUT2D eigenvalue weighted by molar-refractivity contribution is 6.42. The number of likely N-dealkylation sites (tertiary alicyclic amines) is 2. The lowest BCUT2D eigenvalue weighted by molar-refractivity contribution is -0.136. The van der Waals surface area contributed by atoms with Crippen LogP contribution in [0.1, 0.15) is 31.7 Å². The maximum absolute atomic E-state index is 13.8. The molecule has 15 heteroatoms. The minimum Gasteiger partial charge on any atom is -0.495 e. The molecule has 2 fully saturated rings. The second kappa shape index (κ2) is 13.9. The van der Waals surface area contributed by atoms with E-state index in [1.54, 1.807) is 19.3 Å². The first-order chi connectivity index (χ1) is 22.0. The van der Waals surface area contributed by atoms with Crippen molar-refractivity contribution in [2.45, 2.75) is 50.9 Å². The van der Waals surface area contributed by atoms with Crippen LogP contribution in [0.25, 0.3) is 0 Å². The van der Waals surface area contributed by atoms with Crippen molar-refractivity contribution in [2.75, 3.05) is 69.2 Å². The summed E-state index contributed by atoms with van der Waals surface area (Å²) in [6.45, 7) is 7.77. The van der Waals surface area contributed by atoms with E-state index in [4.69, 9.17) is 42.6 Å². The molecule has 0 bridgehead atoms. The maximum atomic E-state index is 13.8. The number of benzene rings is 1. The number of ether oxygens (including phenoxy) is 2. The summed E-state index contributed by atoms with van der Waals surface area (Å²) >= 11 is 13.3. The monoisotopic (exact) mass is 674 g/mol. The van der Waals surface area contributed by atoms with E-state index in [1.807, 2.05) is 23.8 Å². The van der Waals surface area contributed by atoms with E-state index in [0.29, 0.717) is 48.5 Å². The molecule has 13 nitrogen and oxygen atoms in total. The van der Waals surface area contributed by atoms with Gasteiger partial charge in [0.1, 0.15) is 27.4 Å². The Morgan fingerprint density at radius 2 is 1.85 bits per heavy atom. The Bertz CT molecular complexity index is 1500. The van der Waals surface area contributed by atoms with Gasteiger partial charge in [-0.05, 0) is 39.4 Å². The molecular weight excluding hydrogens is 635 g/mol. The highest BCUT2D eigenvalue weighted by Gasteiger charge is 2.43. The fraction of sp³-hybridized carbons (Fsp3) is 0.516. The van der Waals surface area contributed by atoms with Crippen molar-refractivity contribution in [1.29, 1.82) is 0 Å². The van der Waals surface area contributed by atoms with Gasteiger partial charge in [0.2, 0.25) is 17.8 Å². The van der Waals surface area contributed by atoms with Crippen LogP contribution in [0.2, 0.25) is 10.0 Å². The Kier molecular flexibility index (Phi) is 10.1. The molecule has 4 heterocycles. The maximum Gasteiger partial charge on any atom is 0.330 e. The molecule has 2 aromatic rings.